The molecule has 2 unspecified atom stereocenters. The lowest BCUT2D eigenvalue weighted by Crippen LogP contribution is -2.26. The highest BCUT2D eigenvalue weighted by Gasteiger charge is 2.21. The number of carboxylic acid groups (broad SMARTS) is 1. The lowest BCUT2D eigenvalue weighted by molar-refractivity contribution is 0.0690. The Morgan fingerprint density at radius 3 is 2.94 bits per heavy atom. The zero-order valence-electron chi connectivity index (χ0n) is 9.98. The minimum Gasteiger partial charge on any atom is -0.476 e. The van der Waals surface area contributed by atoms with Gasteiger partial charge in [0.05, 0.1) is 0 Å². The first kappa shape index (κ1) is 12.0. The number of aromatic carboxylic acids is 1. The largest absolute Gasteiger partial charge is 0.476 e. The number of hydrogen-bond acceptors (Lipinski definition) is 4. The average molecular weight is 238 g/mol. The van der Waals surface area contributed by atoms with Crippen LogP contribution >= 0.6 is 0 Å². The van der Waals surface area contributed by atoms with Crippen LogP contribution < -0.4 is 5.32 Å². The summed E-state index contributed by atoms with van der Waals surface area (Å²) in [5.41, 5.74) is -0.0474. The summed E-state index contributed by atoms with van der Waals surface area (Å²) in [7, 11) is 0. The first-order chi connectivity index (χ1) is 8.16. The van der Waals surface area contributed by atoms with Gasteiger partial charge in [-0.2, -0.15) is 4.98 Å². The van der Waals surface area contributed by atoms with E-state index in [1.165, 1.54) is 31.9 Å². The van der Waals surface area contributed by atoms with Gasteiger partial charge in [-0.15, -0.1) is 0 Å². The van der Waals surface area contributed by atoms with Crippen LogP contribution in [0.15, 0.2) is 10.7 Å². The molecule has 0 radical (unpaired) electrons. The van der Waals surface area contributed by atoms with Crippen LogP contribution in [0.3, 0.4) is 0 Å². The van der Waals surface area contributed by atoms with Crippen LogP contribution in [-0.2, 0) is 0 Å². The van der Waals surface area contributed by atoms with Gasteiger partial charge < -0.3 is 14.8 Å². The summed E-state index contributed by atoms with van der Waals surface area (Å²) in [6.07, 6.45) is 7.20. The third kappa shape index (κ3) is 2.99. The summed E-state index contributed by atoms with van der Waals surface area (Å²) in [6.45, 7) is 2.21. The molecule has 1 aliphatic carbocycles. The molecule has 1 heterocycles. The highest BCUT2D eigenvalue weighted by Crippen LogP contribution is 2.25. The van der Waals surface area contributed by atoms with Crippen molar-refractivity contribution in [1.82, 2.24) is 4.98 Å². The van der Waals surface area contributed by atoms with Gasteiger partial charge in [0, 0.05) is 6.04 Å². The van der Waals surface area contributed by atoms with Crippen LogP contribution in [0, 0.1) is 5.92 Å². The Balaban J connectivity index is 2.00. The van der Waals surface area contributed by atoms with Gasteiger partial charge in [0.2, 0.25) is 0 Å². The maximum Gasteiger partial charge on any atom is 0.357 e. The zero-order valence-corrected chi connectivity index (χ0v) is 9.98. The molecule has 0 bridgehead atoms. The lowest BCUT2D eigenvalue weighted by Gasteiger charge is -2.21. The molecule has 2 rings (SSSR count). The second-order valence-corrected chi connectivity index (χ2v) is 4.71. The molecule has 1 saturated carbocycles. The van der Waals surface area contributed by atoms with Crippen LogP contribution in [0.5, 0.6) is 0 Å². The first-order valence-corrected chi connectivity index (χ1v) is 6.12. The number of rotatable bonds is 3. The minimum absolute atomic E-state index is 0.0474. The molecule has 1 aromatic heterocycles. The van der Waals surface area contributed by atoms with Crippen LogP contribution in [0.25, 0.3) is 0 Å². The monoisotopic (exact) mass is 238 g/mol. The van der Waals surface area contributed by atoms with E-state index in [1.54, 1.807) is 0 Å². The molecule has 1 aromatic rings. The van der Waals surface area contributed by atoms with Crippen molar-refractivity contribution in [3.63, 3.8) is 0 Å². The minimum atomic E-state index is -1.06. The van der Waals surface area contributed by atoms with Gasteiger partial charge in [0.15, 0.2) is 5.69 Å². The van der Waals surface area contributed by atoms with Crippen LogP contribution in [0.2, 0.25) is 0 Å². The summed E-state index contributed by atoms with van der Waals surface area (Å²) < 4.78 is 5.11. The summed E-state index contributed by atoms with van der Waals surface area (Å²) >= 11 is 0. The standard InChI is InChI=1S/C12H18N2O3/c1-8-5-3-2-4-6-9(8)13-12-14-10(7-17-12)11(15)16/h7-9H,2-6H2,1H3,(H,13,14)(H,15,16). The molecule has 0 aromatic carbocycles. The molecule has 1 fully saturated rings. The number of carboxylic acids is 1. The Kier molecular flexibility index (Phi) is 3.66. The van der Waals surface area contributed by atoms with E-state index in [0.29, 0.717) is 18.0 Å². The SMILES string of the molecule is CC1CCCCCC1Nc1nc(C(=O)O)co1. The zero-order chi connectivity index (χ0) is 12.3. The van der Waals surface area contributed by atoms with Gasteiger partial charge in [-0.1, -0.05) is 26.2 Å². The first-order valence-electron chi connectivity index (χ1n) is 6.12. The lowest BCUT2D eigenvalue weighted by atomic mass is 9.97. The molecule has 0 amide bonds. The van der Waals surface area contributed by atoms with E-state index in [1.807, 2.05) is 0 Å². The normalized spacial score (nSPS) is 25.2. The second-order valence-electron chi connectivity index (χ2n) is 4.71. The maximum absolute atomic E-state index is 10.7. The molecule has 2 atom stereocenters. The fraction of sp³-hybridized carbons (Fsp3) is 0.667. The number of aromatic nitrogens is 1. The molecule has 0 spiro atoms. The summed E-state index contributed by atoms with van der Waals surface area (Å²) in [6, 6.07) is 0.652. The Morgan fingerprint density at radius 2 is 2.24 bits per heavy atom. The van der Waals surface area contributed by atoms with Crippen LogP contribution in [-0.4, -0.2) is 22.1 Å². The maximum atomic E-state index is 10.7. The summed E-state index contributed by atoms with van der Waals surface area (Å²) in [5, 5.41) is 12.0. The Hall–Kier alpha value is -1.52. The van der Waals surface area contributed by atoms with Crippen molar-refractivity contribution < 1.29 is 14.3 Å². The Labute approximate surface area is 100 Å². The van der Waals surface area contributed by atoms with Gasteiger partial charge in [0.1, 0.15) is 6.26 Å². The van der Waals surface area contributed by atoms with Crippen molar-refractivity contribution in [3.8, 4) is 0 Å². The third-order valence-electron chi connectivity index (χ3n) is 3.39. The van der Waals surface area contributed by atoms with Crippen molar-refractivity contribution in [3.05, 3.63) is 12.0 Å². The smallest absolute Gasteiger partial charge is 0.357 e. The molecule has 94 valence electrons. The topological polar surface area (TPSA) is 75.4 Å². The van der Waals surface area contributed by atoms with E-state index in [2.05, 4.69) is 17.2 Å². The third-order valence-corrected chi connectivity index (χ3v) is 3.39. The number of carbonyl (C=O) groups is 1. The molecule has 5 nitrogen and oxygen atoms in total. The van der Waals surface area contributed by atoms with Gasteiger partial charge in [-0.3, -0.25) is 0 Å². The molecular formula is C12H18N2O3. The predicted octanol–water partition coefficient (Wildman–Crippen LogP) is 2.75. The number of hydrogen-bond donors (Lipinski definition) is 2. The Morgan fingerprint density at radius 1 is 1.47 bits per heavy atom. The Bertz CT molecular complexity index is 389. The van der Waals surface area contributed by atoms with E-state index in [9.17, 15) is 4.79 Å². The van der Waals surface area contributed by atoms with Crippen molar-refractivity contribution in [2.24, 2.45) is 5.92 Å². The van der Waals surface area contributed by atoms with E-state index < -0.39 is 5.97 Å². The molecule has 0 saturated heterocycles. The van der Waals surface area contributed by atoms with E-state index in [4.69, 9.17) is 9.52 Å². The number of nitrogens with zero attached hydrogens (tertiary/aromatic N) is 1. The number of oxazole rings is 1. The number of nitrogens with one attached hydrogen (secondary N) is 1. The van der Waals surface area contributed by atoms with Crippen molar-refractivity contribution in [1.29, 1.82) is 0 Å². The predicted molar refractivity (Wildman–Crippen MR) is 63.1 cm³/mol. The van der Waals surface area contributed by atoms with Crippen molar-refractivity contribution in [2.45, 2.75) is 45.1 Å². The van der Waals surface area contributed by atoms with Gasteiger partial charge >= 0.3 is 5.97 Å². The molecule has 17 heavy (non-hydrogen) atoms. The summed E-state index contributed by atoms with van der Waals surface area (Å²) in [4.78, 5) is 14.6. The second kappa shape index (κ2) is 5.21. The average Bonchev–Trinajstić information content (AvgIpc) is 2.66. The highest BCUT2D eigenvalue weighted by atomic mass is 16.4. The fourth-order valence-corrected chi connectivity index (χ4v) is 2.30. The highest BCUT2D eigenvalue weighted by molar-refractivity contribution is 5.85. The van der Waals surface area contributed by atoms with Crippen molar-refractivity contribution in [2.75, 3.05) is 5.32 Å². The molecular weight excluding hydrogens is 220 g/mol. The fourth-order valence-electron chi connectivity index (χ4n) is 2.30. The molecule has 2 N–H and O–H groups in total. The van der Waals surface area contributed by atoms with Gasteiger partial charge in [-0.05, 0) is 18.8 Å². The van der Waals surface area contributed by atoms with Crippen LogP contribution in [0.1, 0.15) is 49.5 Å². The molecule has 5 heteroatoms. The summed E-state index contributed by atoms with van der Waals surface area (Å²) in [5.74, 6) is -0.492. The quantitative estimate of drug-likeness (QED) is 0.792. The van der Waals surface area contributed by atoms with E-state index in [0.717, 1.165) is 6.42 Å². The van der Waals surface area contributed by atoms with E-state index >= 15 is 0 Å². The van der Waals surface area contributed by atoms with Gasteiger partial charge in [0.25, 0.3) is 6.01 Å². The molecule has 0 aliphatic heterocycles. The number of anilines is 1. The molecule has 1 aliphatic rings. The van der Waals surface area contributed by atoms with Gasteiger partial charge in [-0.25, -0.2) is 4.79 Å². The van der Waals surface area contributed by atoms with Crippen molar-refractivity contribution >= 4 is 12.0 Å². The van der Waals surface area contributed by atoms with E-state index in [-0.39, 0.29) is 5.69 Å². The van der Waals surface area contributed by atoms with Crippen LogP contribution in [0.4, 0.5) is 6.01 Å².